The number of nitrogens with two attached hydrogens (primary N) is 1. The van der Waals surface area contributed by atoms with E-state index < -0.39 is 65.5 Å². The lowest BCUT2D eigenvalue weighted by atomic mass is 10.0. The zero-order valence-electron chi connectivity index (χ0n) is 29.2. The molecule has 53 heavy (non-hydrogen) atoms. The molecule has 15 nitrogen and oxygen atoms in total. The second-order valence-electron chi connectivity index (χ2n) is 11.7. The highest BCUT2D eigenvalue weighted by Gasteiger charge is 2.38. The number of carboxylic acids is 1. The lowest BCUT2D eigenvalue weighted by Crippen LogP contribution is -2.56. The van der Waals surface area contributed by atoms with Crippen molar-refractivity contribution in [1.82, 2.24) is 16.0 Å². The Morgan fingerprint density at radius 1 is 0.887 bits per heavy atom. The summed E-state index contributed by atoms with van der Waals surface area (Å²) in [6.07, 6.45) is -3.84. The predicted molar refractivity (Wildman–Crippen MR) is 185 cm³/mol. The summed E-state index contributed by atoms with van der Waals surface area (Å²) in [5, 5.41) is 18.6. The number of unbranched alkanes of at least 4 members (excludes halogenated alkanes) is 1. The number of carbonyl (C=O) groups excluding carboxylic acids is 5. The van der Waals surface area contributed by atoms with Crippen molar-refractivity contribution in [3.8, 4) is 0 Å². The van der Waals surface area contributed by atoms with E-state index in [0.29, 0.717) is 30.7 Å². The molecular formula is C35H42F3N5O10. The van der Waals surface area contributed by atoms with Crippen molar-refractivity contribution in [3.05, 3.63) is 76.1 Å². The van der Waals surface area contributed by atoms with Gasteiger partial charge in [-0.3, -0.25) is 24.0 Å². The fraction of sp³-hybridized carbons (Fsp3) is 0.400. The molecular weight excluding hydrogens is 707 g/mol. The van der Waals surface area contributed by atoms with Crippen molar-refractivity contribution in [2.45, 2.75) is 76.7 Å². The third-order valence-corrected chi connectivity index (χ3v) is 7.51. The maximum absolute atomic E-state index is 13.7. The first-order chi connectivity index (χ1) is 24.9. The minimum Gasteiger partial charge on any atom is -0.475 e. The first-order valence-corrected chi connectivity index (χ1v) is 16.3. The first-order valence-electron chi connectivity index (χ1n) is 16.3. The van der Waals surface area contributed by atoms with Gasteiger partial charge >= 0.3 is 23.7 Å². The van der Waals surface area contributed by atoms with Crippen LogP contribution >= 0.6 is 0 Å². The van der Waals surface area contributed by atoms with Gasteiger partial charge in [-0.15, -0.1) is 0 Å². The van der Waals surface area contributed by atoms with Crippen molar-refractivity contribution in [2.24, 2.45) is 5.73 Å². The smallest absolute Gasteiger partial charge is 0.475 e. The van der Waals surface area contributed by atoms with E-state index in [1.54, 1.807) is 49.4 Å². The fourth-order valence-electron chi connectivity index (χ4n) is 4.72. The summed E-state index contributed by atoms with van der Waals surface area (Å²) in [4.78, 5) is 84.6. The van der Waals surface area contributed by atoms with Crippen LogP contribution in [0.4, 0.5) is 18.9 Å². The molecule has 7 N–H and O–H groups in total. The zero-order valence-corrected chi connectivity index (χ0v) is 29.2. The molecule has 0 spiro atoms. The number of fused-ring (bicyclic) bond motifs is 1. The number of rotatable bonds is 16. The lowest BCUT2D eigenvalue weighted by Gasteiger charge is -2.25. The predicted octanol–water partition coefficient (Wildman–Crippen LogP) is 2.47. The molecule has 2 aromatic carbocycles. The van der Waals surface area contributed by atoms with Crippen molar-refractivity contribution in [1.29, 1.82) is 0 Å². The molecule has 4 amide bonds. The van der Waals surface area contributed by atoms with Crippen LogP contribution in [0, 0.1) is 6.92 Å². The largest absolute Gasteiger partial charge is 0.490 e. The number of aryl methyl sites for hydroxylation is 1. The number of alkyl halides is 3. The second kappa shape index (κ2) is 20.9. The number of ether oxygens (including phenoxy) is 1. The number of hydrogen-bond donors (Lipinski definition) is 6. The Morgan fingerprint density at radius 2 is 1.53 bits per heavy atom. The number of amides is 4. The van der Waals surface area contributed by atoms with Crippen LogP contribution in [0.15, 0.2) is 63.8 Å². The Kier molecular flexibility index (Phi) is 17.1. The Morgan fingerprint density at radius 3 is 2.13 bits per heavy atom. The molecule has 0 aliphatic rings. The Hall–Kier alpha value is -5.78. The van der Waals surface area contributed by atoms with Crippen LogP contribution in [-0.4, -0.2) is 78.6 Å². The van der Waals surface area contributed by atoms with Crippen LogP contribution in [-0.2, 0) is 39.9 Å². The van der Waals surface area contributed by atoms with E-state index in [4.69, 9.17) is 20.1 Å². The molecule has 0 fully saturated rings. The van der Waals surface area contributed by atoms with Crippen molar-refractivity contribution in [2.75, 3.05) is 19.0 Å². The third-order valence-electron chi connectivity index (χ3n) is 7.51. The van der Waals surface area contributed by atoms with Crippen molar-refractivity contribution >= 4 is 52.2 Å². The lowest BCUT2D eigenvalue weighted by molar-refractivity contribution is -0.192. The number of hydrogen-bond acceptors (Lipinski definition) is 10. The average Bonchev–Trinajstić information content (AvgIpc) is 3.09. The highest BCUT2D eigenvalue weighted by atomic mass is 19.4. The molecule has 0 radical (unpaired) electrons. The van der Waals surface area contributed by atoms with E-state index in [2.05, 4.69) is 26.0 Å². The van der Waals surface area contributed by atoms with Gasteiger partial charge < -0.3 is 41.3 Å². The van der Waals surface area contributed by atoms with Gasteiger partial charge in [-0.05, 0) is 62.9 Å². The number of methoxy groups -OCH3 is 1. The summed E-state index contributed by atoms with van der Waals surface area (Å²) in [5.74, 6) is -5.58. The topological polar surface area (TPSA) is 236 Å². The molecule has 288 valence electrons. The Balaban J connectivity index is 0.00000126. The van der Waals surface area contributed by atoms with Crippen molar-refractivity contribution < 1.29 is 56.2 Å². The number of aliphatic carboxylic acids is 1. The minimum atomic E-state index is -5.08. The monoisotopic (exact) mass is 749 g/mol. The molecule has 0 bridgehead atoms. The molecule has 0 aliphatic carbocycles. The number of benzene rings is 2. The van der Waals surface area contributed by atoms with Gasteiger partial charge in [-0.1, -0.05) is 30.3 Å². The normalized spacial score (nSPS) is 12.6. The molecule has 0 saturated heterocycles. The molecule has 3 atom stereocenters. The van der Waals surface area contributed by atoms with E-state index >= 15 is 0 Å². The SMILES string of the molecule is COC(=O)CCC(=O)NC(C)C(=O)NC(Cc1ccccc1)C(=O)NC(CCCCN)C(=O)Nc1ccc2c(C)cc(=O)oc2c1.O=C(O)C(F)(F)F. The zero-order chi connectivity index (χ0) is 39.7. The van der Waals surface area contributed by atoms with Gasteiger partial charge in [-0.2, -0.15) is 13.2 Å². The van der Waals surface area contributed by atoms with Gasteiger partial charge in [0.2, 0.25) is 23.6 Å². The van der Waals surface area contributed by atoms with Crippen LogP contribution in [0.2, 0.25) is 0 Å². The second-order valence-corrected chi connectivity index (χ2v) is 11.7. The highest BCUT2D eigenvalue weighted by Crippen LogP contribution is 2.21. The van der Waals surface area contributed by atoms with E-state index in [1.165, 1.54) is 20.1 Å². The van der Waals surface area contributed by atoms with E-state index in [9.17, 15) is 41.9 Å². The van der Waals surface area contributed by atoms with Crippen LogP contribution in [0.3, 0.4) is 0 Å². The molecule has 1 heterocycles. The highest BCUT2D eigenvalue weighted by molar-refractivity contribution is 6.00. The average molecular weight is 750 g/mol. The number of halogens is 3. The molecule has 3 rings (SSSR count). The molecule has 1 aromatic heterocycles. The third kappa shape index (κ3) is 15.2. The number of carboxylic acid groups (broad SMARTS) is 1. The number of carbonyl (C=O) groups is 6. The van der Waals surface area contributed by atoms with Gasteiger partial charge in [-0.25, -0.2) is 9.59 Å². The van der Waals surface area contributed by atoms with Crippen LogP contribution in [0.25, 0.3) is 11.0 Å². The maximum Gasteiger partial charge on any atom is 0.490 e. The first kappa shape index (κ1) is 43.4. The van der Waals surface area contributed by atoms with Gasteiger partial charge in [0.1, 0.15) is 23.7 Å². The van der Waals surface area contributed by atoms with Crippen molar-refractivity contribution in [3.63, 3.8) is 0 Å². The van der Waals surface area contributed by atoms with E-state index in [-0.39, 0.29) is 25.7 Å². The molecule has 3 aromatic rings. The van der Waals surface area contributed by atoms with E-state index in [1.807, 2.05) is 6.07 Å². The quantitative estimate of drug-likeness (QED) is 0.0707. The fourth-order valence-corrected chi connectivity index (χ4v) is 4.72. The summed E-state index contributed by atoms with van der Waals surface area (Å²) >= 11 is 0. The van der Waals surface area contributed by atoms with E-state index in [0.717, 1.165) is 16.5 Å². The number of nitrogens with one attached hydrogen (secondary N) is 4. The van der Waals surface area contributed by atoms with Gasteiger partial charge in [0, 0.05) is 36.0 Å². The minimum absolute atomic E-state index is 0.113. The molecule has 3 unspecified atom stereocenters. The van der Waals surface area contributed by atoms with Crippen LogP contribution < -0.4 is 32.6 Å². The number of anilines is 1. The maximum atomic E-state index is 13.7. The van der Waals surface area contributed by atoms with Gasteiger partial charge in [0.05, 0.1) is 13.5 Å². The molecule has 0 aliphatic heterocycles. The standard InChI is InChI=1S/C33H41N5O8.C2HF3O2/c1-20-17-30(41)46-27-19-23(12-13-24(20)27)36-32(43)25(11-7-8-16-34)37-33(44)26(18-22-9-5-4-6-10-22)38-31(42)21(2)35-28(39)14-15-29(40)45-3;3-2(4,5)1(6)7/h4-6,9-10,12-13,17,19,21,25-26H,7-8,11,14-16,18,34H2,1-3H3,(H,35,39)(H,36,43)(H,37,44)(H,38,42);(H,6,7). The summed E-state index contributed by atoms with van der Waals surface area (Å²) in [6.45, 7) is 3.64. The summed E-state index contributed by atoms with van der Waals surface area (Å²) in [6, 6.07) is 12.3. The molecule has 0 saturated carbocycles. The summed E-state index contributed by atoms with van der Waals surface area (Å²) in [7, 11) is 1.21. The van der Waals surface area contributed by atoms with Gasteiger partial charge in [0.25, 0.3) is 0 Å². The number of esters is 1. The Bertz CT molecular complexity index is 1800. The van der Waals surface area contributed by atoms with Crippen LogP contribution in [0.1, 0.15) is 50.2 Å². The Labute approximate surface area is 301 Å². The van der Waals surface area contributed by atoms with Crippen LogP contribution in [0.5, 0.6) is 0 Å². The van der Waals surface area contributed by atoms with Gasteiger partial charge in [0.15, 0.2) is 0 Å². The summed E-state index contributed by atoms with van der Waals surface area (Å²) in [5.41, 5.74) is 7.32. The summed E-state index contributed by atoms with van der Waals surface area (Å²) < 4.78 is 41.6. The molecule has 18 heteroatoms.